The molecule has 0 unspecified atom stereocenters. The number of hydrogen-bond acceptors (Lipinski definition) is 6. The van der Waals surface area contributed by atoms with E-state index in [1.165, 1.54) is 16.1 Å². The van der Waals surface area contributed by atoms with Gasteiger partial charge < -0.3 is 9.64 Å². The number of carbonyl (C=O) groups is 1. The van der Waals surface area contributed by atoms with Gasteiger partial charge in [0, 0.05) is 31.9 Å². The van der Waals surface area contributed by atoms with E-state index in [-0.39, 0.29) is 17.2 Å². The van der Waals surface area contributed by atoms with Crippen molar-refractivity contribution in [3.63, 3.8) is 0 Å². The third-order valence-corrected chi connectivity index (χ3v) is 6.21. The van der Waals surface area contributed by atoms with Crippen molar-refractivity contribution in [2.75, 3.05) is 37.7 Å². The Balaban J connectivity index is 1.73. The van der Waals surface area contributed by atoms with Crippen LogP contribution in [0, 0.1) is 6.92 Å². The number of rotatable bonds is 5. The van der Waals surface area contributed by atoms with Gasteiger partial charge in [-0.1, -0.05) is 17.7 Å². The summed E-state index contributed by atoms with van der Waals surface area (Å²) in [6.45, 7) is 5.67. The Morgan fingerprint density at radius 3 is 2.46 bits per heavy atom. The highest BCUT2D eigenvalue weighted by atomic mass is 32.2. The molecule has 1 aliphatic rings. The van der Waals surface area contributed by atoms with Crippen LogP contribution in [0.25, 0.3) is 0 Å². The molecule has 0 spiro atoms. The van der Waals surface area contributed by atoms with Crippen LogP contribution >= 0.6 is 0 Å². The summed E-state index contributed by atoms with van der Waals surface area (Å²) in [5, 5.41) is 5.94. The number of anilines is 1. The lowest BCUT2D eigenvalue weighted by Crippen LogP contribution is -2.49. The van der Waals surface area contributed by atoms with Crippen LogP contribution in [0.2, 0.25) is 0 Å². The largest absolute Gasteiger partial charge is 0.462 e. The number of H-pyrrole nitrogens is 1. The average Bonchev–Trinajstić information content (AvgIpc) is 3.13. The molecule has 1 fully saturated rings. The Labute approximate surface area is 152 Å². The molecule has 0 atom stereocenters. The second kappa shape index (κ2) is 7.46. The molecular weight excluding hydrogens is 356 g/mol. The topological polar surface area (TPSA) is 95.6 Å². The number of nitrogens with zero attached hydrogens (tertiary/aromatic N) is 3. The maximum Gasteiger partial charge on any atom is 0.342 e. The normalized spacial score (nSPS) is 15.8. The molecule has 9 heteroatoms. The van der Waals surface area contributed by atoms with Crippen molar-refractivity contribution in [2.45, 2.75) is 18.9 Å². The van der Waals surface area contributed by atoms with E-state index >= 15 is 0 Å². The SMILES string of the molecule is CCOC(=O)c1cn[nH]c1S(=O)(=O)N1CCN(c2ccc(C)cc2)CC1. The standard InChI is InChI=1S/C17H22N4O4S/c1-3-25-17(22)15-12-18-19-16(15)26(23,24)21-10-8-20(9-11-21)14-6-4-13(2)5-7-14/h4-7,12H,3,8-11H2,1-2H3,(H,18,19). The van der Waals surface area contributed by atoms with Gasteiger partial charge >= 0.3 is 5.97 Å². The number of ether oxygens (including phenoxy) is 1. The summed E-state index contributed by atoms with van der Waals surface area (Å²) in [7, 11) is -3.84. The Kier molecular flexibility index (Phi) is 5.28. The molecule has 1 N–H and O–H groups in total. The number of benzene rings is 1. The molecule has 0 amide bonds. The van der Waals surface area contributed by atoms with Gasteiger partial charge in [0.2, 0.25) is 0 Å². The van der Waals surface area contributed by atoms with Crippen molar-refractivity contribution in [3.8, 4) is 0 Å². The minimum Gasteiger partial charge on any atom is -0.462 e. The zero-order valence-corrected chi connectivity index (χ0v) is 15.6. The first-order chi connectivity index (χ1) is 12.4. The highest BCUT2D eigenvalue weighted by Crippen LogP contribution is 2.22. The van der Waals surface area contributed by atoms with Crippen molar-refractivity contribution in [1.29, 1.82) is 0 Å². The van der Waals surface area contributed by atoms with E-state index in [1.54, 1.807) is 6.92 Å². The van der Waals surface area contributed by atoms with Gasteiger partial charge in [0.25, 0.3) is 10.0 Å². The number of esters is 1. The van der Waals surface area contributed by atoms with Gasteiger partial charge in [0.1, 0.15) is 5.56 Å². The smallest absolute Gasteiger partial charge is 0.342 e. The molecular formula is C17H22N4O4S. The first-order valence-electron chi connectivity index (χ1n) is 8.45. The molecule has 1 aliphatic heterocycles. The van der Waals surface area contributed by atoms with Gasteiger partial charge in [-0.25, -0.2) is 13.2 Å². The molecule has 2 aromatic rings. The zero-order valence-electron chi connectivity index (χ0n) is 14.8. The van der Waals surface area contributed by atoms with Gasteiger partial charge in [0.05, 0.1) is 12.8 Å². The Morgan fingerprint density at radius 2 is 1.85 bits per heavy atom. The number of hydrogen-bond donors (Lipinski definition) is 1. The van der Waals surface area contributed by atoms with Gasteiger partial charge in [-0.3, -0.25) is 5.10 Å². The minimum atomic E-state index is -3.84. The van der Waals surface area contributed by atoms with Crippen molar-refractivity contribution >= 4 is 21.7 Å². The number of sulfonamides is 1. The van der Waals surface area contributed by atoms with E-state index in [2.05, 4.69) is 15.1 Å². The second-order valence-corrected chi connectivity index (χ2v) is 7.93. The molecule has 0 aliphatic carbocycles. The minimum absolute atomic E-state index is 0.0622. The van der Waals surface area contributed by atoms with Crippen molar-refractivity contribution in [2.24, 2.45) is 0 Å². The predicted octanol–water partition coefficient (Wildman–Crippen LogP) is 1.41. The second-order valence-electron chi connectivity index (χ2n) is 6.06. The lowest BCUT2D eigenvalue weighted by atomic mass is 10.2. The summed E-state index contributed by atoms with van der Waals surface area (Å²) in [6, 6.07) is 8.14. The fourth-order valence-electron chi connectivity index (χ4n) is 2.90. The van der Waals surface area contributed by atoms with Crippen LogP contribution in [0.1, 0.15) is 22.8 Å². The van der Waals surface area contributed by atoms with Crippen LogP contribution < -0.4 is 4.90 Å². The summed E-state index contributed by atoms with van der Waals surface area (Å²) in [6.07, 6.45) is 1.19. The van der Waals surface area contributed by atoms with Gasteiger partial charge in [-0.2, -0.15) is 9.40 Å². The number of aromatic nitrogens is 2. The average molecular weight is 378 g/mol. The highest BCUT2D eigenvalue weighted by Gasteiger charge is 2.33. The molecule has 3 rings (SSSR count). The summed E-state index contributed by atoms with van der Waals surface area (Å²) in [5.41, 5.74) is 2.19. The summed E-state index contributed by atoms with van der Waals surface area (Å²) >= 11 is 0. The molecule has 0 saturated carbocycles. The molecule has 0 bridgehead atoms. The molecule has 140 valence electrons. The van der Waals surface area contributed by atoms with Crippen molar-refractivity contribution in [3.05, 3.63) is 41.6 Å². The van der Waals surface area contributed by atoms with Gasteiger partial charge in [-0.05, 0) is 26.0 Å². The van der Waals surface area contributed by atoms with Crippen LogP contribution in [0.5, 0.6) is 0 Å². The quantitative estimate of drug-likeness (QED) is 0.791. The zero-order chi connectivity index (χ0) is 18.7. The number of carbonyl (C=O) groups excluding carboxylic acids is 1. The monoisotopic (exact) mass is 378 g/mol. The molecule has 26 heavy (non-hydrogen) atoms. The molecule has 1 saturated heterocycles. The lowest BCUT2D eigenvalue weighted by molar-refractivity contribution is 0.0521. The maximum absolute atomic E-state index is 12.9. The Bertz CT molecular complexity index is 868. The molecule has 1 aromatic carbocycles. The number of aryl methyl sites for hydroxylation is 1. The number of nitrogens with one attached hydrogen (secondary N) is 1. The molecule has 1 aromatic heterocycles. The van der Waals surface area contributed by atoms with Crippen molar-refractivity contribution in [1.82, 2.24) is 14.5 Å². The summed E-state index contributed by atoms with van der Waals surface area (Å²) < 4.78 is 32.1. The van der Waals surface area contributed by atoms with E-state index in [0.717, 1.165) is 5.69 Å². The molecule has 0 radical (unpaired) electrons. The summed E-state index contributed by atoms with van der Waals surface area (Å²) in [4.78, 5) is 14.1. The molecule has 2 heterocycles. The van der Waals surface area contributed by atoms with E-state index in [4.69, 9.17) is 4.74 Å². The van der Waals surface area contributed by atoms with E-state index in [1.807, 2.05) is 31.2 Å². The third kappa shape index (κ3) is 3.58. The van der Waals surface area contributed by atoms with E-state index in [9.17, 15) is 13.2 Å². The van der Waals surface area contributed by atoms with E-state index in [0.29, 0.717) is 26.2 Å². The first kappa shape index (κ1) is 18.4. The Morgan fingerprint density at radius 1 is 1.19 bits per heavy atom. The van der Waals surface area contributed by atoms with Gasteiger partial charge in [-0.15, -0.1) is 0 Å². The van der Waals surface area contributed by atoms with Crippen LogP contribution in [-0.2, 0) is 14.8 Å². The fraction of sp³-hybridized carbons (Fsp3) is 0.412. The van der Waals surface area contributed by atoms with E-state index < -0.39 is 16.0 Å². The summed E-state index contributed by atoms with van der Waals surface area (Å²) in [5.74, 6) is -0.696. The first-order valence-corrected chi connectivity index (χ1v) is 9.89. The van der Waals surface area contributed by atoms with Crippen LogP contribution in [0.15, 0.2) is 35.5 Å². The number of aromatic amines is 1. The number of piperazine rings is 1. The Hall–Kier alpha value is -2.39. The van der Waals surface area contributed by atoms with Crippen molar-refractivity contribution < 1.29 is 17.9 Å². The fourth-order valence-corrected chi connectivity index (χ4v) is 4.38. The highest BCUT2D eigenvalue weighted by molar-refractivity contribution is 7.89. The predicted molar refractivity (Wildman–Crippen MR) is 96.7 cm³/mol. The van der Waals surface area contributed by atoms with Gasteiger partial charge in [0.15, 0.2) is 5.03 Å². The maximum atomic E-state index is 12.9. The van der Waals surface area contributed by atoms with Crippen LogP contribution in [-0.4, -0.2) is 61.7 Å². The van der Waals surface area contributed by atoms with Crippen LogP contribution in [0.3, 0.4) is 0 Å². The third-order valence-electron chi connectivity index (χ3n) is 4.34. The lowest BCUT2D eigenvalue weighted by Gasteiger charge is -2.35. The molecule has 8 nitrogen and oxygen atoms in total. The van der Waals surface area contributed by atoms with Crippen LogP contribution in [0.4, 0.5) is 5.69 Å².